The molecule has 3 nitrogen and oxygen atoms in total. The number of hydrogen-bond acceptors (Lipinski definition) is 4. The Morgan fingerprint density at radius 2 is 2.20 bits per heavy atom. The average molecular weight is 287 g/mol. The summed E-state index contributed by atoms with van der Waals surface area (Å²) in [6.45, 7) is 4.22. The summed E-state index contributed by atoms with van der Waals surface area (Å²) < 4.78 is 0. The van der Waals surface area contributed by atoms with Gasteiger partial charge < -0.3 is 10.2 Å². The molecule has 1 N–H and O–H groups in total. The Morgan fingerprint density at radius 1 is 1.35 bits per heavy atom. The van der Waals surface area contributed by atoms with E-state index in [1.165, 1.54) is 19.3 Å². The van der Waals surface area contributed by atoms with E-state index in [-0.39, 0.29) is 0 Å². The van der Waals surface area contributed by atoms with Crippen molar-refractivity contribution in [1.82, 2.24) is 5.32 Å². The van der Waals surface area contributed by atoms with Gasteiger partial charge in [0.15, 0.2) is 0 Å². The van der Waals surface area contributed by atoms with Crippen molar-refractivity contribution in [1.29, 1.82) is 5.26 Å². The molecule has 4 heteroatoms. The van der Waals surface area contributed by atoms with Crippen molar-refractivity contribution < 1.29 is 0 Å². The minimum Gasteiger partial charge on any atom is -0.369 e. The zero-order valence-electron chi connectivity index (χ0n) is 11.9. The highest BCUT2D eigenvalue weighted by Crippen LogP contribution is 2.32. The van der Waals surface area contributed by atoms with Gasteiger partial charge in [-0.05, 0) is 37.1 Å². The number of nitriles is 1. The van der Waals surface area contributed by atoms with Gasteiger partial charge in [-0.15, -0.1) is 11.8 Å². The van der Waals surface area contributed by atoms with Crippen molar-refractivity contribution in [3.8, 4) is 6.07 Å². The van der Waals surface area contributed by atoms with Crippen LogP contribution >= 0.6 is 11.8 Å². The number of fused-ring (bicyclic) bond motifs is 2. The summed E-state index contributed by atoms with van der Waals surface area (Å²) in [6, 6.07) is 9.97. The number of benzene rings is 1. The van der Waals surface area contributed by atoms with Crippen LogP contribution in [0.5, 0.6) is 0 Å². The van der Waals surface area contributed by atoms with Gasteiger partial charge in [0.25, 0.3) is 0 Å². The Bertz CT molecular complexity index is 523. The first-order valence-corrected chi connectivity index (χ1v) is 8.47. The predicted octanol–water partition coefficient (Wildman–Crippen LogP) is 3.00. The summed E-state index contributed by atoms with van der Waals surface area (Å²) in [6.07, 6.45) is 3.77. The summed E-state index contributed by atoms with van der Waals surface area (Å²) in [5, 5.41) is 13.3. The molecule has 2 aliphatic rings. The van der Waals surface area contributed by atoms with Gasteiger partial charge in [-0.25, -0.2) is 0 Å². The molecule has 2 fully saturated rings. The molecule has 0 radical (unpaired) electrons. The van der Waals surface area contributed by atoms with Crippen LogP contribution in [0.25, 0.3) is 0 Å². The van der Waals surface area contributed by atoms with E-state index < -0.39 is 0 Å². The highest BCUT2D eigenvalue weighted by Gasteiger charge is 2.30. The number of nitrogens with one attached hydrogen (secondary N) is 1. The highest BCUT2D eigenvalue weighted by atomic mass is 32.2. The first-order valence-electron chi connectivity index (χ1n) is 7.48. The Labute approximate surface area is 125 Å². The molecule has 2 unspecified atom stereocenters. The zero-order chi connectivity index (χ0) is 13.9. The third-order valence-electron chi connectivity index (χ3n) is 4.28. The molecule has 2 aliphatic heterocycles. The summed E-state index contributed by atoms with van der Waals surface area (Å²) in [5.74, 6) is 1.00. The molecule has 0 spiro atoms. The van der Waals surface area contributed by atoms with E-state index in [9.17, 15) is 5.26 Å². The minimum atomic E-state index is 0.594. The summed E-state index contributed by atoms with van der Waals surface area (Å²) in [7, 11) is 0. The fourth-order valence-electron chi connectivity index (χ4n) is 3.33. The van der Waals surface area contributed by atoms with E-state index >= 15 is 0 Å². The second kappa shape index (κ2) is 6.07. The monoisotopic (exact) mass is 287 g/mol. The fourth-order valence-corrected chi connectivity index (χ4v) is 4.11. The van der Waals surface area contributed by atoms with Crippen molar-refractivity contribution in [2.24, 2.45) is 0 Å². The van der Waals surface area contributed by atoms with Crippen LogP contribution in [0, 0.1) is 11.3 Å². The van der Waals surface area contributed by atoms with Crippen LogP contribution in [-0.2, 0) is 0 Å². The lowest BCUT2D eigenvalue weighted by atomic mass is 10.1. The number of rotatable bonds is 3. The molecule has 3 rings (SSSR count). The lowest BCUT2D eigenvalue weighted by Crippen LogP contribution is -2.35. The molecule has 2 heterocycles. The molecule has 0 aromatic heterocycles. The van der Waals surface area contributed by atoms with E-state index in [2.05, 4.69) is 41.4 Å². The van der Waals surface area contributed by atoms with E-state index in [1.807, 2.05) is 0 Å². The highest BCUT2D eigenvalue weighted by molar-refractivity contribution is 7.99. The molecule has 0 aliphatic carbocycles. The van der Waals surface area contributed by atoms with Crippen molar-refractivity contribution >= 4 is 17.4 Å². The van der Waals surface area contributed by atoms with Crippen LogP contribution in [0.1, 0.15) is 31.7 Å². The molecule has 2 saturated heterocycles. The first kappa shape index (κ1) is 13.8. The van der Waals surface area contributed by atoms with Crippen LogP contribution < -0.4 is 10.2 Å². The van der Waals surface area contributed by atoms with Crippen LogP contribution in [0.15, 0.2) is 23.1 Å². The van der Waals surface area contributed by atoms with Gasteiger partial charge in [0, 0.05) is 30.1 Å². The average Bonchev–Trinajstić information content (AvgIpc) is 2.78. The lowest BCUT2D eigenvalue weighted by molar-refractivity contribution is 0.563. The molecule has 1 aromatic carbocycles. The van der Waals surface area contributed by atoms with Gasteiger partial charge in [-0.3, -0.25) is 0 Å². The van der Waals surface area contributed by atoms with E-state index in [0.29, 0.717) is 12.1 Å². The molecular weight excluding hydrogens is 266 g/mol. The van der Waals surface area contributed by atoms with Gasteiger partial charge in [0.2, 0.25) is 0 Å². The lowest BCUT2D eigenvalue weighted by Gasteiger charge is -2.27. The third kappa shape index (κ3) is 2.65. The molecule has 20 heavy (non-hydrogen) atoms. The van der Waals surface area contributed by atoms with Gasteiger partial charge in [0.05, 0.1) is 11.3 Å². The molecule has 0 amide bonds. The summed E-state index contributed by atoms with van der Waals surface area (Å²) in [4.78, 5) is 3.53. The van der Waals surface area contributed by atoms with Gasteiger partial charge in [-0.2, -0.15) is 5.26 Å². The van der Waals surface area contributed by atoms with Gasteiger partial charge in [-0.1, -0.05) is 13.0 Å². The van der Waals surface area contributed by atoms with Crippen LogP contribution in [0.4, 0.5) is 5.69 Å². The zero-order valence-corrected chi connectivity index (χ0v) is 12.7. The smallest absolute Gasteiger partial charge is 0.103 e. The maximum absolute atomic E-state index is 9.55. The maximum atomic E-state index is 9.55. The molecule has 106 valence electrons. The van der Waals surface area contributed by atoms with E-state index in [4.69, 9.17) is 0 Å². The third-order valence-corrected chi connectivity index (χ3v) is 5.22. The number of anilines is 1. The van der Waals surface area contributed by atoms with Crippen molar-refractivity contribution in [2.45, 2.75) is 43.2 Å². The Morgan fingerprint density at radius 3 is 3.00 bits per heavy atom. The number of thioether (sulfide) groups is 1. The van der Waals surface area contributed by atoms with Gasteiger partial charge >= 0.3 is 0 Å². The molecule has 1 aromatic rings. The standard InChI is InChI=1S/C16H21N3S/c1-2-20-16-5-3-4-15(14(16)10-17)19-9-8-12-6-7-13(11-19)18-12/h3-5,12-13,18H,2,6-9,11H2,1H3. The SMILES string of the molecule is CCSc1cccc(N2CCC3CCC(C2)N3)c1C#N. The van der Waals surface area contributed by atoms with Crippen LogP contribution in [0.2, 0.25) is 0 Å². The topological polar surface area (TPSA) is 39.1 Å². The van der Waals surface area contributed by atoms with Crippen LogP contribution in [0.3, 0.4) is 0 Å². The predicted molar refractivity (Wildman–Crippen MR) is 84.3 cm³/mol. The van der Waals surface area contributed by atoms with Crippen molar-refractivity contribution in [3.63, 3.8) is 0 Å². The van der Waals surface area contributed by atoms with Crippen molar-refractivity contribution in [2.75, 3.05) is 23.7 Å². The Hall–Kier alpha value is -1.18. The van der Waals surface area contributed by atoms with E-state index in [0.717, 1.165) is 35.0 Å². The maximum Gasteiger partial charge on any atom is 0.103 e. The molecular formula is C16H21N3S. The summed E-state index contributed by atoms with van der Waals surface area (Å²) in [5.41, 5.74) is 1.98. The fraction of sp³-hybridized carbons (Fsp3) is 0.562. The Kier molecular flexibility index (Phi) is 4.18. The Balaban J connectivity index is 1.89. The van der Waals surface area contributed by atoms with Crippen LogP contribution in [-0.4, -0.2) is 30.9 Å². The second-order valence-electron chi connectivity index (χ2n) is 5.57. The molecule has 0 saturated carbocycles. The normalized spacial score (nSPS) is 25.3. The number of nitrogens with zero attached hydrogens (tertiary/aromatic N) is 2. The second-order valence-corrected chi connectivity index (χ2v) is 6.87. The largest absolute Gasteiger partial charge is 0.369 e. The molecule has 2 bridgehead atoms. The number of hydrogen-bond donors (Lipinski definition) is 1. The minimum absolute atomic E-state index is 0.594. The van der Waals surface area contributed by atoms with E-state index in [1.54, 1.807) is 11.8 Å². The molecule has 2 atom stereocenters. The van der Waals surface area contributed by atoms with Crippen molar-refractivity contribution in [3.05, 3.63) is 23.8 Å². The first-order chi connectivity index (χ1) is 9.81. The quantitative estimate of drug-likeness (QED) is 0.868. The van der Waals surface area contributed by atoms with Gasteiger partial charge in [0.1, 0.15) is 6.07 Å². The summed E-state index contributed by atoms with van der Waals surface area (Å²) >= 11 is 1.76.